The van der Waals surface area contributed by atoms with Gasteiger partial charge >= 0.3 is 6.09 Å². The van der Waals surface area contributed by atoms with Gasteiger partial charge in [-0.1, -0.05) is 6.08 Å². The smallest absolute Gasteiger partial charge is 0.410 e. The van der Waals surface area contributed by atoms with E-state index in [1.165, 1.54) is 5.57 Å². The van der Waals surface area contributed by atoms with Crippen LogP contribution in [0.3, 0.4) is 0 Å². The van der Waals surface area contributed by atoms with Crippen LogP contribution >= 0.6 is 0 Å². The van der Waals surface area contributed by atoms with E-state index in [-0.39, 0.29) is 6.09 Å². The second-order valence-corrected chi connectivity index (χ2v) is 9.24. The number of hydrogen-bond donors (Lipinski definition) is 0. The molecule has 2 unspecified atom stereocenters. The van der Waals surface area contributed by atoms with Gasteiger partial charge in [0.1, 0.15) is 5.60 Å². The van der Waals surface area contributed by atoms with Gasteiger partial charge < -0.3 is 9.64 Å². The third kappa shape index (κ3) is 3.36. The number of carbonyl (C=O) groups is 1. The molecule has 0 bridgehead atoms. The van der Waals surface area contributed by atoms with Crippen LogP contribution in [0.1, 0.15) is 32.9 Å². The highest BCUT2D eigenvalue weighted by atomic mass is 16.6. The second kappa shape index (κ2) is 6.68. The van der Waals surface area contributed by atoms with E-state index in [0.717, 1.165) is 35.4 Å². The van der Waals surface area contributed by atoms with Gasteiger partial charge in [-0.3, -0.25) is 4.68 Å². The third-order valence-electron chi connectivity index (χ3n) is 5.74. The van der Waals surface area contributed by atoms with Crippen LogP contribution in [-0.2, 0) is 11.8 Å². The highest BCUT2D eigenvalue weighted by Crippen LogP contribution is 2.42. The molecule has 8 nitrogen and oxygen atoms in total. The molecule has 3 aromatic rings. The van der Waals surface area contributed by atoms with Gasteiger partial charge in [-0.05, 0) is 44.7 Å². The van der Waals surface area contributed by atoms with Gasteiger partial charge in [-0.15, -0.1) is 0 Å². The Labute approximate surface area is 175 Å². The monoisotopic (exact) mass is 406 g/mol. The maximum atomic E-state index is 12.4. The molecule has 4 heterocycles. The van der Waals surface area contributed by atoms with E-state index >= 15 is 0 Å². The number of rotatable bonds is 2. The van der Waals surface area contributed by atoms with Crippen LogP contribution in [0.5, 0.6) is 0 Å². The van der Waals surface area contributed by atoms with E-state index < -0.39 is 5.60 Å². The van der Waals surface area contributed by atoms with Crippen molar-refractivity contribution in [2.75, 3.05) is 13.1 Å². The number of carbonyl (C=O) groups excluding carboxylic acids is 1. The minimum atomic E-state index is -0.472. The molecule has 1 fully saturated rings. The van der Waals surface area contributed by atoms with Crippen LogP contribution in [0.2, 0.25) is 0 Å². The molecule has 1 aliphatic heterocycles. The molecule has 0 spiro atoms. The summed E-state index contributed by atoms with van der Waals surface area (Å²) in [4.78, 5) is 19.3. The predicted octanol–water partition coefficient (Wildman–Crippen LogP) is 3.40. The van der Waals surface area contributed by atoms with E-state index in [2.05, 4.69) is 16.3 Å². The number of amides is 1. The Bertz CT molecular complexity index is 1150. The zero-order valence-electron chi connectivity index (χ0n) is 17.7. The number of allylic oxidation sites excluding steroid dienone is 1. The number of ether oxygens (including phenoxy) is 1. The van der Waals surface area contributed by atoms with Crippen molar-refractivity contribution in [3.8, 4) is 11.3 Å². The number of likely N-dealkylation sites (tertiary alicyclic amines) is 1. The summed E-state index contributed by atoms with van der Waals surface area (Å²) in [7, 11) is 1.90. The van der Waals surface area contributed by atoms with Gasteiger partial charge in [0.2, 0.25) is 0 Å². The summed E-state index contributed by atoms with van der Waals surface area (Å²) in [5.74, 6) is 0.735. The molecule has 8 heteroatoms. The fourth-order valence-electron chi connectivity index (χ4n) is 4.42. The first-order valence-corrected chi connectivity index (χ1v) is 10.3. The van der Waals surface area contributed by atoms with Crippen LogP contribution in [0, 0.1) is 11.8 Å². The number of hydrogen-bond acceptors (Lipinski definition) is 5. The van der Waals surface area contributed by atoms with Crippen molar-refractivity contribution in [1.29, 1.82) is 0 Å². The van der Waals surface area contributed by atoms with Gasteiger partial charge in [0.05, 0.1) is 35.5 Å². The van der Waals surface area contributed by atoms with E-state index in [9.17, 15) is 4.79 Å². The molecule has 1 aliphatic carbocycles. The summed E-state index contributed by atoms with van der Waals surface area (Å²) in [5.41, 5.74) is 4.53. The normalized spacial score (nSPS) is 21.2. The number of nitrogens with zero attached hydrogens (tertiary/aromatic N) is 6. The molecule has 0 saturated carbocycles. The SMILES string of the molecule is Cn1cc(-c2cn3nccc3c(C3=CC4CN(C(=O)OC(C)(C)C)CC4C3)n2)cn1. The predicted molar refractivity (Wildman–Crippen MR) is 113 cm³/mol. The van der Waals surface area contributed by atoms with Crippen molar-refractivity contribution in [2.45, 2.75) is 32.8 Å². The molecule has 1 amide bonds. The van der Waals surface area contributed by atoms with Crippen LogP contribution in [-0.4, -0.2) is 54.1 Å². The van der Waals surface area contributed by atoms with Gasteiger partial charge in [-0.2, -0.15) is 10.2 Å². The number of fused-ring (bicyclic) bond motifs is 2. The molecule has 2 atom stereocenters. The fraction of sp³-hybridized carbons (Fsp3) is 0.455. The second-order valence-electron chi connectivity index (χ2n) is 9.24. The van der Waals surface area contributed by atoms with Crippen molar-refractivity contribution in [2.24, 2.45) is 18.9 Å². The van der Waals surface area contributed by atoms with E-state index in [1.807, 2.05) is 61.9 Å². The number of aromatic nitrogens is 5. The van der Waals surface area contributed by atoms with Crippen molar-refractivity contribution >= 4 is 17.2 Å². The minimum absolute atomic E-state index is 0.221. The Hall–Kier alpha value is -3.16. The average molecular weight is 406 g/mol. The van der Waals surface area contributed by atoms with E-state index in [1.54, 1.807) is 10.9 Å². The molecule has 0 N–H and O–H groups in total. The lowest BCUT2D eigenvalue weighted by atomic mass is 9.99. The molecule has 0 aromatic carbocycles. The topological polar surface area (TPSA) is 77.5 Å². The summed E-state index contributed by atoms with van der Waals surface area (Å²) in [6, 6.07) is 2.00. The molecule has 156 valence electrons. The lowest BCUT2D eigenvalue weighted by Crippen LogP contribution is -2.35. The molecule has 3 aromatic heterocycles. The lowest BCUT2D eigenvalue weighted by Gasteiger charge is -2.24. The maximum Gasteiger partial charge on any atom is 0.410 e. The Kier molecular flexibility index (Phi) is 4.20. The number of aryl methyl sites for hydroxylation is 1. The molecule has 5 rings (SSSR count). The highest BCUT2D eigenvalue weighted by Gasteiger charge is 2.40. The lowest BCUT2D eigenvalue weighted by molar-refractivity contribution is 0.0285. The first-order chi connectivity index (χ1) is 14.3. The summed E-state index contributed by atoms with van der Waals surface area (Å²) < 4.78 is 9.20. The Morgan fingerprint density at radius 2 is 2.03 bits per heavy atom. The fourth-order valence-corrected chi connectivity index (χ4v) is 4.42. The van der Waals surface area contributed by atoms with E-state index in [0.29, 0.717) is 18.4 Å². The zero-order valence-corrected chi connectivity index (χ0v) is 17.7. The molecule has 1 saturated heterocycles. The van der Waals surface area contributed by atoms with Crippen molar-refractivity contribution in [3.05, 3.63) is 42.6 Å². The van der Waals surface area contributed by atoms with Gasteiger partial charge in [0.25, 0.3) is 0 Å². The van der Waals surface area contributed by atoms with Crippen molar-refractivity contribution in [3.63, 3.8) is 0 Å². The zero-order chi connectivity index (χ0) is 21.0. The van der Waals surface area contributed by atoms with Crippen molar-refractivity contribution < 1.29 is 9.53 Å². The summed E-state index contributed by atoms with van der Waals surface area (Å²) in [6.45, 7) is 7.12. The van der Waals surface area contributed by atoms with Crippen LogP contribution in [0.25, 0.3) is 22.3 Å². The highest BCUT2D eigenvalue weighted by molar-refractivity contribution is 5.79. The largest absolute Gasteiger partial charge is 0.444 e. The maximum absolute atomic E-state index is 12.4. The van der Waals surface area contributed by atoms with Crippen LogP contribution in [0.15, 0.2) is 36.9 Å². The van der Waals surface area contributed by atoms with Crippen LogP contribution in [0.4, 0.5) is 4.79 Å². The van der Waals surface area contributed by atoms with Gasteiger partial charge in [-0.25, -0.2) is 14.3 Å². The summed E-state index contributed by atoms with van der Waals surface area (Å²) in [5, 5.41) is 8.71. The molecular formula is C22H26N6O2. The Morgan fingerprint density at radius 3 is 2.73 bits per heavy atom. The Balaban J connectivity index is 1.43. The van der Waals surface area contributed by atoms with Gasteiger partial charge in [0.15, 0.2) is 0 Å². The van der Waals surface area contributed by atoms with E-state index in [4.69, 9.17) is 9.72 Å². The van der Waals surface area contributed by atoms with Crippen LogP contribution < -0.4 is 0 Å². The van der Waals surface area contributed by atoms with Gasteiger partial charge in [0, 0.05) is 37.8 Å². The first kappa shape index (κ1) is 18.8. The average Bonchev–Trinajstić information content (AvgIpc) is 3.41. The molecule has 2 aliphatic rings. The summed E-state index contributed by atoms with van der Waals surface area (Å²) in [6.07, 6.45) is 10.5. The minimum Gasteiger partial charge on any atom is -0.444 e. The van der Waals surface area contributed by atoms with Crippen molar-refractivity contribution in [1.82, 2.24) is 29.3 Å². The standard InChI is InChI=1S/C22H26N6O2/c1-22(2,3)30-21(29)27-11-15-7-14(8-16(15)12-27)20-19-5-6-23-28(19)13-18(25-20)17-9-24-26(4)10-17/h5-7,9-10,13,15-16H,8,11-12H2,1-4H3. The third-order valence-corrected chi connectivity index (χ3v) is 5.74. The first-order valence-electron chi connectivity index (χ1n) is 10.3. The Morgan fingerprint density at radius 1 is 1.20 bits per heavy atom. The quantitative estimate of drug-likeness (QED) is 0.652. The molecular weight excluding hydrogens is 380 g/mol. The molecule has 0 radical (unpaired) electrons. The molecule has 30 heavy (non-hydrogen) atoms. The summed E-state index contributed by atoms with van der Waals surface area (Å²) >= 11 is 0.